The first-order chi connectivity index (χ1) is 9.58. The molecule has 106 valence electrons. The second kappa shape index (κ2) is 7.07. The number of rotatable bonds is 5. The Morgan fingerprint density at radius 2 is 2.05 bits per heavy atom. The molecule has 2 rings (SSSR count). The van der Waals surface area contributed by atoms with Crippen molar-refractivity contribution in [1.82, 2.24) is 5.32 Å². The van der Waals surface area contributed by atoms with Gasteiger partial charge in [0.1, 0.15) is 17.3 Å². The van der Waals surface area contributed by atoms with Crippen molar-refractivity contribution in [3.8, 4) is 11.5 Å². The molecule has 2 aromatic rings. The van der Waals surface area contributed by atoms with E-state index < -0.39 is 0 Å². The highest BCUT2D eigenvalue weighted by Crippen LogP contribution is 2.30. The van der Waals surface area contributed by atoms with Gasteiger partial charge in [-0.05, 0) is 30.8 Å². The number of nitrogens with one attached hydrogen (secondary N) is 1. The first kappa shape index (κ1) is 15.3. The predicted octanol–water partition coefficient (Wildman–Crippen LogP) is 5.14. The summed E-state index contributed by atoms with van der Waals surface area (Å²) in [5, 5.41) is 3.81. The lowest BCUT2D eigenvalue weighted by Gasteiger charge is -2.12. The second-order valence-electron chi connectivity index (χ2n) is 4.24. The maximum absolute atomic E-state index is 13.4. The van der Waals surface area contributed by atoms with E-state index >= 15 is 0 Å². The highest BCUT2D eigenvalue weighted by atomic mass is 79.9. The highest BCUT2D eigenvalue weighted by molar-refractivity contribution is 9.10. The Bertz CT molecular complexity index is 586. The molecule has 5 heteroatoms. The van der Waals surface area contributed by atoms with Gasteiger partial charge < -0.3 is 10.1 Å². The van der Waals surface area contributed by atoms with Gasteiger partial charge in [-0.15, -0.1) is 0 Å². The van der Waals surface area contributed by atoms with Crippen molar-refractivity contribution in [3.05, 3.63) is 57.3 Å². The normalized spacial score (nSPS) is 10.6. The van der Waals surface area contributed by atoms with Gasteiger partial charge in [0, 0.05) is 27.7 Å². The summed E-state index contributed by atoms with van der Waals surface area (Å²) < 4.78 is 19.7. The zero-order chi connectivity index (χ0) is 14.5. The lowest BCUT2D eigenvalue weighted by atomic mass is 10.2. The molecule has 0 unspecified atom stereocenters. The second-order valence-corrected chi connectivity index (χ2v) is 5.59. The van der Waals surface area contributed by atoms with E-state index in [9.17, 15) is 4.39 Å². The standard InChI is InChI=1S/C15H14BrClFNO/c1-2-19-9-10-3-4-12(17)7-15(10)20-14-6-11(16)5-13(18)8-14/h3-8,19H,2,9H2,1H3. The molecule has 0 aliphatic heterocycles. The van der Waals surface area contributed by atoms with E-state index in [0.717, 1.165) is 12.1 Å². The van der Waals surface area contributed by atoms with E-state index in [1.54, 1.807) is 12.1 Å². The third-order valence-corrected chi connectivity index (χ3v) is 3.35. The fourth-order valence-corrected chi connectivity index (χ4v) is 2.35. The smallest absolute Gasteiger partial charge is 0.133 e. The van der Waals surface area contributed by atoms with Gasteiger partial charge in [-0.25, -0.2) is 4.39 Å². The lowest BCUT2D eigenvalue weighted by Crippen LogP contribution is -2.12. The van der Waals surface area contributed by atoms with E-state index in [2.05, 4.69) is 21.2 Å². The van der Waals surface area contributed by atoms with Crippen LogP contribution < -0.4 is 10.1 Å². The first-order valence-corrected chi connectivity index (χ1v) is 7.38. The van der Waals surface area contributed by atoms with Crippen molar-refractivity contribution >= 4 is 27.5 Å². The molecule has 0 spiro atoms. The molecular formula is C15H14BrClFNO. The molecule has 0 saturated heterocycles. The maximum Gasteiger partial charge on any atom is 0.133 e. The van der Waals surface area contributed by atoms with Crippen LogP contribution in [0, 0.1) is 5.82 Å². The zero-order valence-electron chi connectivity index (χ0n) is 10.9. The molecule has 0 aliphatic rings. The number of hydrogen-bond donors (Lipinski definition) is 1. The molecule has 1 N–H and O–H groups in total. The minimum absolute atomic E-state index is 0.357. The quantitative estimate of drug-likeness (QED) is 0.798. The summed E-state index contributed by atoms with van der Waals surface area (Å²) in [4.78, 5) is 0. The number of halogens is 3. The highest BCUT2D eigenvalue weighted by Gasteiger charge is 2.07. The van der Waals surface area contributed by atoms with Crippen molar-refractivity contribution in [2.24, 2.45) is 0 Å². The monoisotopic (exact) mass is 357 g/mol. The Kier molecular flexibility index (Phi) is 5.40. The van der Waals surface area contributed by atoms with Crippen LogP contribution >= 0.6 is 27.5 Å². The molecule has 0 amide bonds. The van der Waals surface area contributed by atoms with Crippen LogP contribution in [0.25, 0.3) is 0 Å². The molecule has 20 heavy (non-hydrogen) atoms. The Labute approximate surface area is 131 Å². The molecule has 0 aliphatic carbocycles. The molecule has 0 fully saturated rings. The van der Waals surface area contributed by atoms with Crippen molar-refractivity contribution < 1.29 is 9.13 Å². The van der Waals surface area contributed by atoms with Crippen LogP contribution in [0.5, 0.6) is 11.5 Å². The Balaban J connectivity index is 2.28. The zero-order valence-corrected chi connectivity index (χ0v) is 13.3. The van der Waals surface area contributed by atoms with Crippen LogP contribution in [0.1, 0.15) is 12.5 Å². The summed E-state index contributed by atoms with van der Waals surface area (Å²) in [6.07, 6.45) is 0. The van der Waals surface area contributed by atoms with Crippen molar-refractivity contribution in [3.63, 3.8) is 0 Å². The summed E-state index contributed by atoms with van der Waals surface area (Å²) in [7, 11) is 0. The summed E-state index contributed by atoms with van der Waals surface area (Å²) in [6, 6.07) is 9.86. The van der Waals surface area contributed by atoms with E-state index in [4.69, 9.17) is 16.3 Å². The Morgan fingerprint density at radius 1 is 1.25 bits per heavy atom. The molecule has 0 saturated carbocycles. The molecule has 0 aromatic heterocycles. The average Bonchev–Trinajstić information content (AvgIpc) is 2.36. The van der Waals surface area contributed by atoms with E-state index in [1.165, 1.54) is 12.1 Å². The van der Waals surface area contributed by atoms with Gasteiger partial charge >= 0.3 is 0 Å². The van der Waals surface area contributed by atoms with Crippen molar-refractivity contribution in [1.29, 1.82) is 0 Å². The van der Waals surface area contributed by atoms with Gasteiger partial charge in [0.2, 0.25) is 0 Å². The molecule has 0 radical (unpaired) electrons. The summed E-state index contributed by atoms with van der Waals surface area (Å²) in [5.41, 5.74) is 0.969. The fraction of sp³-hybridized carbons (Fsp3) is 0.200. The summed E-state index contributed by atoms with van der Waals surface area (Å²) in [6.45, 7) is 3.55. The SMILES string of the molecule is CCNCc1ccc(Cl)cc1Oc1cc(F)cc(Br)c1. The first-order valence-electron chi connectivity index (χ1n) is 6.21. The largest absolute Gasteiger partial charge is 0.457 e. The molecule has 0 bridgehead atoms. The van der Waals surface area contributed by atoms with Gasteiger partial charge in [0.15, 0.2) is 0 Å². The van der Waals surface area contributed by atoms with Crippen LogP contribution in [-0.4, -0.2) is 6.54 Å². The minimum Gasteiger partial charge on any atom is -0.457 e. The van der Waals surface area contributed by atoms with Gasteiger partial charge in [-0.2, -0.15) is 0 Å². The molecule has 0 atom stereocenters. The minimum atomic E-state index is -0.357. The number of ether oxygens (including phenoxy) is 1. The van der Waals surface area contributed by atoms with Crippen LogP contribution in [-0.2, 0) is 6.54 Å². The third-order valence-electron chi connectivity index (χ3n) is 2.66. The van der Waals surface area contributed by atoms with E-state index in [1.807, 2.05) is 19.1 Å². The van der Waals surface area contributed by atoms with Gasteiger partial charge in [-0.3, -0.25) is 0 Å². The van der Waals surface area contributed by atoms with Gasteiger partial charge in [0.05, 0.1) is 0 Å². The van der Waals surface area contributed by atoms with E-state index in [-0.39, 0.29) is 5.82 Å². The van der Waals surface area contributed by atoms with Crippen LogP contribution in [0.3, 0.4) is 0 Å². The van der Waals surface area contributed by atoms with Crippen LogP contribution in [0.15, 0.2) is 40.9 Å². The number of hydrogen-bond acceptors (Lipinski definition) is 2. The average molecular weight is 359 g/mol. The van der Waals surface area contributed by atoms with Crippen LogP contribution in [0.2, 0.25) is 5.02 Å². The molecular weight excluding hydrogens is 345 g/mol. The van der Waals surface area contributed by atoms with Crippen LogP contribution in [0.4, 0.5) is 4.39 Å². The van der Waals surface area contributed by atoms with Crippen molar-refractivity contribution in [2.75, 3.05) is 6.54 Å². The topological polar surface area (TPSA) is 21.3 Å². The van der Waals surface area contributed by atoms with E-state index in [0.29, 0.717) is 27.5 Å². The van der Waals surface area contributed by atoms with Gasteiger partial charge in [-0.1, -0.05) is 40.5 Å². The maximum atomic E-state index is 13.4. The number of benzene rings is 2. The molecule has 2 nitrogen and oxygen atoms in total. The van der Waals surface area contributed by atoms with Gasteiger partial charge in [0.25, 0.3) is 0 Å². The van der Waals surface area contributed by atoms with Crippen molar-refractivity contribution in [2.45, 2.75) is 13.5 Å². The third kappa shape index (κ3) is 4.20. The molecule has 2 aromatic carbocycles. The Hall–Kier alpha value is -1.10. The Morgan fingerprint density at radius 3 is 2.75 bits per heavy atom. The fourth-order valence-electron chi connectivity index (χ4n) is 1.74. The molecule has 0 heterocycles. The predicted molar refractivity (Wildman–Crippen MR) is 83.0 cm³/mol. The lowest BCUT2D eigenvalue weighted by molar-refractivity contribution is 0.467. The summed E-state index contributed by atoms with van der Waals surface area (Å²) >= 11 is 9.24. The summed E-state index contributed by atoms with van der Waals surface area (Å²) in [5.74, 6) is 0.692.